The monoisotopic (exact) mass is 294 g/mol. The number of hydrogen-bond donors (Lipinski definition) is 1. The number of nitrogens with zero attached hydrogens (tertiary/aromatic N) is 2. The minimum Gasteiger partial charge on any atom is -0.319 e. The van der Waals surface area contributed by atoms with Crippen molar-refractivity contribution >= 4 is 10.0 Å². The number of hydrogen-bond acceptors (Lipinski definition) is 3. The summed E-state index contributed by atoms with van der Waals surface area (Å²) in [4.78, 5) is 1.17. The average Bonchev–Trinajstić information content (AvgIpc) is 2.47. The van der Waals surface area contributed by atoms with E-state index >= 15 is 0 Å². The molecule has 6 heteroatoms. The number of quaternary nitrogens is 1. The standard InChI is InChI=1S/C14H19N3O2S/c1-13(11-15)16-7-9-17(10-8-16)20(18,19)12-14-5-3-2-4-6-14/h2-6,13H,7-10,12H2,1H3/p+1/t13-/m1/s1. The van der Waals surface area contributed by atoms with Crippen LogP contribution in [-0.2, 0) is 15.8 Å². The lowest BCUT2D eigenvalue weighted by atomic mass is 10.2. The zero-order valence-electron chi connectivity index (χ0n) is 11.6. The molecule has 1 aromatic carbocycles. The highest BCUT2D eigenvalue weighted by atomic mass is 32.2. The molecule has 1 atom stereocenters. The molecule has 2 rings (SSSR count). The van der Waals surface area contributed by atoms with Gasteiger partial charge in [0.2, 0.25) is 10.0 Å². The van der Waals surface area contributed by atoms with Crippen LogP contribution in [0.2, 0.25) is 0 Å². The fraction of sp³-hybridized carbons (Fsp3) is 0.500. The number of rotatable bonds is 4. The second kappa shape index (κ2) is 6.35. The van der Waals surface area contributed by atoms with Crippen LogP contribution in [-0.4, -0.2) is 44.9 Å². The van der Waals surface area contributed by atoms with E-state index < -0.39 is 10.0 Å². The second-order valence-corrected chi connectivity index (χ2v) is 7.12. The quantitative estimate of drug-likeness (QED) is 0.824. The Morgan fingerprint density at radius 2 is 1.90 bits per heavy atom. The van der Waals surface area contributed by atoms with Gasteiger partial charge in [0.25, 0.3) is 0 Å². The first-order valence-electron chi connectivity index (χ1n) is 6.79. The zero-order valence-corrected chi connectivity index (χ0v) is 12.4. The van der Waals surface area contributed by atoms with Crippen molar-refractivity contribution in [2.75, 3.05) is 26.2 Å². The van der Waals surface area contributed by atoms with Gasteiger partial charge in [0.15, 0.2) is 6.04 Å². The first-order chi connectivity index (χ1) is 9.53. The molecular weight excluding hydrogens is 274 g/mol. The van der Waals surface area contributed by atoms with Gasteiger partial charge in [-0.1, -0.05) is 30.3 Å². The topological polar surface area (TPSA) is 65.6 Å². The summed E-state index contributed by atoms with van der Waals surface area (Å²) in [6.07, 6.45) is 0. The van der Waals surface area contributed by atoms with Crippen LogP contribution in [0.5, 0.6) is 0 Å². The lowest BCUT2D eigenvalue weighted by molar-refractivity contribution is -0.918. The Kier molecular flexibility index (Phi) is 4.76. The highest BCUT2D eigenvalue weighted by Crippen LogP contribution is 2.10. The highest BCUT2D eigenvalue weighted by molar-refractivity contribution is 7.88. The van der Waals surface area contributed by atoms with Crippen molar-refractivity contribution in [2.24, 2.45) is 0 Å². The van der Waals surface area contributed by atoms with E-state index in [9.17, 15) is 8.42 Å². The largest absolute Gasteiger partial charge is 0.319 e. The van der Waals surface area contributed by atoms with Gasteiger partial charge in [-0.15, -0.1) is 0 Å². The second-order valence-electron chi connectivity index (χ2n) is 5.15. The van der Waals surface area contributed by atoms with Crippen molar-refractivity contribution in [3.63, 3.8) is 0 Å². The molecular formula is C14H20N3O2S+. The minimum absolute atomic E-state index is 0.0526. The molecule has 1 fully saturated rings. The number of nitriles is 1. The smallest absolute Gasteiger partial charge is 0.218 e. The molecule has 0 radical (unpaired) electrons. The van der Waals surface area contributed by atoms with Crippen LogP contribution < -0.4 is 4.90 Å². The fourth-order valence-electron chi connectivity index (χ4n) is 2.45. The molecule has 0 unspecified atom stereocenters. The third-order valence-electron chi connectivity index (χ3n) is 3.76. The molecule has 0 saturated carbocycles. The van der Waals surface area contributed by atoms with Crippen molar-refractivity contribution in [3.05, 3.63) is 35.9 Å². The summed E-state index contributed by atoms with van der Waals surface area (Å²) in [5.74, 6) is 0.0526. The summed E-state index contributed by atoms with van der Waals surface area (Å²) in [7, 11) is -3.26. The average molecular weight is 294 g/mol. The maximum Gasteiger partial charge on any atom is 0.218 e. The minimum atomic E-state index is -3.26. The molecule has 5 nitrogen and oxygen atoms in total. The molecule has 1 aliphatic rings. The number of nitrogens with one attached hydrogen (secondary N) is 1. The molecule has 1 heterocycles. The van der Waals surface area contributed by atoms with Crippen LogP contribution in [0.1, 0.15) is 12.5 Å². The molecule has 108 valence electrons. The van der Waals surface area contributed by atoms with E-state index in [2.05, 4.69) is 6.07 Å². The predicted octanol–water partition coefficient (Wildman–Crippen LogP) is -0.371. The van der Waals surface area contributed by atoms with Gasteiger partial charge >= 0.3 is 0 Å². The summed E-state index contributed by atoms with van der Waals surface area (Å²) < 4.78 is 26.3. The van der Waals surface area contributed by atoms with E-state index in [4.69, 9.17) is 5.26 Å². The first kappa shape index (κ1) is 15.0. The lowest BCUT2D eigenvalue weighted by Gasteiger charge is -2.32. The Labute approximate surface area is 120 Å². The summed E-state index contributed by atoms with van der Waals surface area (Å²) >= 11 is 0. The molecule has 1 N–H and O–H groups in total. The molecule has 1 saturated heterocycles. The van der Waals surface area contributed by atoms with Gasteiger partial charge < -0.3 is 4.90 Å². The third-order valence-corrected chi connectivity index (χ3v) is 5.61. The van der Waals surface area contributed by atoms with Gasteiger partial charge in [-0.05, 0) is 5.56 Å². The Bertz CT molecular complexity index is 572. The number of sulfonamides is 1. The van der Waals surface area contributed by atoms with Gasteiger partial charge in [-0.2, -0.15) is 9.57 Å². The summed E-state index contributed by atoms with van der Waals surface area (Å²) in [6.45, 7) is 4.27. The predicted molar refractivity (Wildman–Crippen MR) is 76.4 cm³/mol. The van der Waals surface area contributed by atoms with Crippen molar-refractivity contribution in [2.45, 2.75) is 18.7 Å². The SMILES string of the molecule is C[C@H](C#N)[NH+]1CCN(S(=O)(=O)Cc2ccccc2)CC1. The van der Waals surface area contributed by atoms with E-state index in [0.29, 0.717) is 26.2 Å². The summed E-state index contributed by atoms with van der Waals surface area (Å²) in [5, 5.41) is 8.90. The van der Waals surface area contributed by atoms with Gasteiger partial charge in [0, 0.05) is 6.92 Å². The fourth-order valence-corrected chi connectivity index (χ4v) is 3.99. The highest BCUT2D eigenvalue weighted by Gasteiger charge is 2.30. The van der Waals surface area contributed by atoms with Crippen LogP contribution in [0, 0.1) is 11.3 Å². The van der Waals surface area contributed by atoms with Gasteiger partial charge in [-0.3, -0.25) is 0 Å². The molecule has 0 aliphatic carbocycles. The van der Waals surface area contributed by atoms with Crippen molar-refractivity contribution in [1.82, 2.24) is 4.31 Å². The third kappa shape index (κ3) is 3.57. The molecule has 0 amide bonds. The Morgan fingerprint density at radius 1 is 1.30 bits per heavy atom. The Morgan fingerprint density at radius 3 is 2.45 bits per heavy atom. The number of benzene rings is 1. The molecule has 1 aliphatic heterocycles. The Balaban J connectivity index is 1.97. The maximum atomic E-state index is 12.4. The van der Waals surface area contributed by atoms with E-state index in [0.717, 1.165) is 5.56 Å². The van der Waals surface area contributed by atoms with Crippen LogP contribution in [0.3, 0.4) is 0 Å². The molecule has 0 aromatic heterocycles. The summed E-state index contributed by atoms with van der Waals surface area (Å²) in [5.41, 5.74) is 0.813. The number of piperazine rings is 1. The van der Waals surface area contributed by atoms with Gasteiger partial charge in [0.1, 0.15) is 6.07 Å². The van der Waals surface area contributed by atoms with Gasteiger partial charge in [0.05, 0.1) is 31.9 Å². The molecule has 0 spiro atoms. The van der Waals surface area contributed by atoms with E-state index in [1.165, 1.54) is 4.90 Å². The Hall–Kier alpha value is -1.42. The lowest BCUT2D eigenvalue weighted by Crippen LogP contribution is -3.17. The molecule has 0 bridgehead atoms. The van der Waals surface area contributed by atoms with Crippen LogP contribution in [0.4, 0.5) is 0 Å². The van der Waals surface area contributed by atoms with E-state index in [1.54, 1.807) is 4.31 Å². The molecule has 1 aromatic rings. The van der Waals surface area contributed by atoms with E-state index in [1.807, 2.05) is 37.3 Å². The van der Waals surface area contributed by atoms with E-state index in [-0.39, 0.29) is 11.8 Å². The molecule has 20 heavy (non-hydrogen) atoms. The van der Waals surface area contributed by atoms with Crippen molar-refractivity contribution in [3.8, 4) is 6.07 Å². The van der Waals surface area contributed by atoms with Crippen LogP contribution >= 0.6 is 0 Å². The van der Waals surface area contributed by atoms with Crippen molar-refractivity contribution < 1.29 is 13.3 Å². The first-order valence-corrected chi connectivity index (χ1v) is 8.40. The normalized spacial score (nSPS) is 19.4. The maximum absolute atomic E-state index is 12.4. The summed E-state index contributed by atoms with van der Waals surface area (Å²) in [6, 6.07) is 11.4. The van der Waals surface area contributed by atoms with Crippen LogP contribution in [0.25, 0.3) is 0 Å². The van der Waals surface area contributed by atoms with Crippen LogP contribution in [0.15, 0.2) is 30.3 Å². The van der Waals surface area contributed by atoms with Crippen molar-refractivity contribution in [1.29, 1.82) is 5.26 Å². The zero-order chi connectivity index (χ0) is 14.6. The van der Waals surface area contributed by atoms with Gasteiger partial charge in [-0.25, -0.2) is 8.42 Å².